The number of hydrogen-bond donors (Lipinski definition) is 10. The van der Waals surface area contributed by atoms with Gasteiger partial charge in [-0.05, 0) is 110 Å². The quantitative estimate of drug-likeness (QED) is 0.106. The Morgan fingerprint density at radius 1 is 0.672 bits per heavy atom. The highest BCUT2D eigenvalue weighted by atomic mass is 16.4. The molecule has 0 aliphatic carbocycles. The second kappa shape index (κ2) is 25.7. The molecule has 0 saturated carbocycles. The van der Waals surface area contributed by atoms with Gasteiger partial charge in [0.05, 0.1) is 0 Å². The SMILES string of the molecule is CCC(C)C1NC(=O)C(NC(=O)NC(Cc2ccc(O)cc2)C(=O)O)CCCCNC(=O)C(C(C)CC)NC(=O)C(CCc2ccc(O)cc2)N(C)C(=O)C(CCc2ccc(O)cc2)NC1=O. The van der Waals surface area contributed by atoms with Crippen molar-refractivity contribution >= 4 is 41.5 Å². The molecule has 1 aliphatic rings. The van der Waals surface area contributed by atoms with Gasteiger partial charge in [-0.25, -0.2) is 9.59 Å². The lowest BCUT2D eigenvalue weighted by atomic mass is 9.95. The topological polar surface area (TPSA) is 276 Å². The number of carboxylic acids is 1. The number of nitrogens with one attached hydrogen (secondary N) is 6. The normalized spacial score (nSPS) is 21.7. The molecule has 3 aromatic rings. The first-order chi connectivity index (χ1) is 31.9. The van der Waals surface area contributed by atoms with E-state index in [0.717, 1.165) is 11.1 Å². The van der Waals surface area contributed by atoms with E-state index in [0.29, 0.717) is 31.2 Å². The summed E-state index contributed by atoms with van der Waals surface area (Å²) in [5.74, 6) is -5.17. The van der Waals surface area contributed by atoms with Crippen LogP contribution < -0.4 is 31.9 Å². The lowest BCUT2D eigenvalue weighted by Crippen LogP contribution is -2.61. The summed E-state index contributed by atoms with van der Waals surface area (Å²) in [5, 5.41) is 55.8. The lowest BCUT2D eigenvalue weighted by molar-refractivity contribution is -0.143. The number of hydrogen-bond acceptors (Lipinski definition) is 10. The van der Waals surface area contributed by atoms with Crippen molar-refractivity contribution in [2.45, 2.75) is 128 Å². The van der Waals surface area contributed by atoms with Gasteiger partial charge in [-0.2, -0.15) is 0 Å². The van der Waals surface area contributed by atoms with E-state index in [-0.39, 0.29) is 68.2 Å². The summed E-state index contributed by atoms with van der Waals surface area (Å²) in [5.41, 5.74) is 2.04. The molecule has 10 N–H and O–H groups in total. The van der Waals surface area contributed by atoms with Gasteiger partial charge in [0, 0.05) is 20.0 Å². The van der Waals surface area contributed by atoms with Crippen LogP contribution in [0.15, 0.2) is 72.8 Å². The van der Waals surface area contributed by atoms with Crippen molar-refractivity contribution in [3.63, 3.8) is 0 Å². The maximum Gasteiger partial charge on any atom is 0.326 e. The Labute approximate surface area is 391 Å². The molecule has 0 spiro atoms. The van der Waals surface area contributed by atoms with Crippen molar-refractivity contribution in [3.05, 3.63) is 89.5 Å². The third-order valence-electron chi connectivity index (χ3n) is 12.4. The van der Waals surface area contributed by atoms with Crippen molar-refractivity contribution in [3.8, 4) is 17.2 Å². The number of carboxylic acid groups (broad SMARTS) is 1. The molecule has 8 atom stereocenters. The van der Waals surface area contributed by atoms with E-state index in [1.54, 1.807) is 31.2 Å². The molecular formula is C49H67N7O11. The highest BCUT2D eigenvalue weighted by Crippen LogP contribution is 2.20. The number of benzene rings is 3. The zero-order chi connectivity index (χ0) is 49.2. The number of likely N-dealkylation sites (N-methyl/N-ethyl adjacent to an activating group) is 1. The molecule has 7 amide bonds. The van der Waals surface area contributed by atoms with Gasteiger partial charge in [-0.3, -0.25) is 24.0 Å². The number of aromatic hydroxyl groups is 3. The monoisotopic (exact) mass is 929 g/mol. The molecule has 1 saturated heterocycles. The number of rotatable bonds is 15. The van der Waals surface area contributed by atoms with Gasteiger partial charge in [-0.15, -0.1) is 0 Å². The number of carbonyl (C=O) groups is 7. The molecule has 0 radical (unpaired) electrons. The first-order valence-corrected chi connectivity index (χ1v) is 23.0. The molecule has 4 rings (SSSR count). The van der Waals surface area contributed by atoms with Gasteiger partial charge < -0.3 is 57.2 Å². The standard InChI is InChI=1S/C49H67N7O11/c1-6-29(3)41-45(62)50-27-9-8-10-37(52-49(67)53-39(48(65)66)28-33-15-23-36(59)24-16-33)43(60)54-42(30(4)7-2)46(63)51-38(25-17-31-11-19-34(57)20-12-31)47(64)56(5)40(44(61)55-41)26-18-32-13-21-35(58)22-14-32/h11-16,19-24,29-30,37-42,57-59H,6-10,17-18,25-28H2,1-5H3,(H,50,62)(H,51,63)(H,54,60)(H,55,61)(H,65,66)(H2,52,53,67). The lowest BCUT2D eigenvalue weighted by Gasteiger charge is -2.34. The molecule has 0 aromatic heterocycles. The van der Waals surface area contributed by atoms with Gasteiger partial charge in [0.25, 0.3) is 0 Å². The molecule has 8 unspecified atom stereocenters. The molecule has 3 aromatic carbocycles. The Morgan fingerprint density at radius 2 is 1.16 bits per heavy atom. The summed E-state index contributed by atoms with van der Waals surface area (Å²) in [4.78, 5) is 98.7. The van der Waals surface area contributed by atoms with Crippen LogP contribution in [0, 0.1) is 11.8 Å². The average molecular weight is 930 g/mol. The van der Waals surface area contributed by atoms with Crippen LogP contribution in [0.4, 0.5) is 4.79 Å². The first-order valence-electron chi connectivity index (χ1n) is 23.0. The predicted molar refractivity (Wildman–Crippen MR) is 250 cm³/mol. The molecule has 18 heteroatoms. The highest BCUT2D eigenvalue weighted by Gasteiger charge is 2.37. The number of amides is 7. The van der Waals surface area contributed by atoms with Crippen LogP contribution in [-0.4, -0.2) is 117 Å². The summed E-state index contributed by atoms with van der Waals surface area (Å²) >= 11 is 0. The number of nitrogens with zero attached hydrogens (tertiary/aromatic N) is 1. The van der Waals surface area contributed by atoms with Crippen molar-refractivity contribution in [1.29, 1.82) is 0 Å². The minimum atomic E-state index is -1.41. The van der Waals surface area contributed by atoms with E-state index in [1.165, 1.54) is 60.5 Å². The van der Waals surface area contributed by atoms with E-state index in [2.05, 4.69) is 31.9 Å². The fraction of sp³-hybridized carbons (Fsp3) is 0.490. The Bertz CT molecular complexity index is 2140. The molecule has 0 bridgehead atoms. The van der Waals surface area contributed by atoms with Crippen LogP contribution in [0.1, 0.15) is 89.3 Å². The van der Waals surface area contributed by atoms with E-state index in [4.69, 9.17) is 0 Å². The maximum absolute atomic E-state index is 14.8. The number of phenolic OH excluding ortho intramolecular Hbond substituents is 3. The summed E-state index contributed by atoms with van der Waals surface area (Å²) in [6, 6.07) is 10.4. The molecule has 18 nitrogen and oxygen atoms in total. The van der Waals surface area contributed by atoms with Crippen LogP contribution in [-0.2, 0) is 48.0 Å². The smallest absolute Gasteiger partial charge is 0.326 e. The number of carbonyl (C=O) groups excluding carboxylic acids is 6. The van der Waals surface area contributed by atoms with E-state index in [1.807, 2.05) is 20.8 Å². The molecule has 1 fully saturated rings. The van der Waals surface area contributed by atoms with Crippen molar-refractivity contribution in [2.75, 3.05) is 13.6 Å². The zero-order valence-corrected chi connectivity index (χ0v) is 38.9. The Morgan fingerprint density at radius 3 is 1.69 bits per heavy atom. The summed E-state index contributed by atoms with van der Waals surface area (Å²) < 4.78 is 0. The number of urea groups is 1. The van der Waals surface area contributed by atoms with Crippen LogP contribution in [0.25, 0.3) is 0 Å². The van der Waals surface area contributed by atoms with Crippen LogP contribution in [0.5, 0.6) is 17.2 Å². The molecular weight excluding hydrogens is 863 g/mol. The van der Waals surface area contributed by atoms with E-state index in [9.17, 15) is 54.0 Å². The Kier molecular flexibility index (Phi) is 20.3. The van der Waals surface area contributed by atoms with Gasteiger partial charge in [0.2, 0.25) is 29.5 Å². The third-order valence-corrected chi connectivity index (χ3v) is 12.4. The first kappa shape index (κ1) is 52.8. The minimum absolute atomic E-state index is 0.0182. The van der Waals surface area contributed by atoms with Crippen molar-refractivity contribution in [2.24, 2.45) is 11.8 Å². The van der Waals surface area contributed by atoms with Crippen LogP contribution >= 0.6 is 0 Å². The van der Waals surface area contributed by atoms with E-state index < -0.39 is 83.7 Å². The predicted octanol–water partition coefficient (Wildman–Crippen LogP) is 3.41. The summed E-state index contributed by atoms with van der Waals surface area (Å²) in [6.07, 6.45) is 2.18. The fourth-order valence-corrected chi connectivity index (χ4v) is 7.76. The van der Waals surface area contributed by atoms with Gasteiger partial charge in [0.15, 0.2) is 0 Å². The molecule has 67 heavy (non-hydrogen) atoms. The number of aliphatic carboxylic acids is 1. The Hall–Kier alpha value is -6.85. The van der Waals surface area contributed by atoms with E-state index >= 15 is 0 Å². The van der Waals surface area contributed by atoms with Gasteiger partial charge in [-0.1, -0.05) is 76.9 Å². The number of phenols is 3. The minimum Gasteiger partial charge on any atom is -0.508 e. The molecule has 1 aliphatic heterocycles. The zero-order valence-electron chi connectivity index (χ0n) is 38.9. The number of aryl methyl sites for hydroxylation is 2. The van der Waals surface area contributed by atoms with Gasteiger partial charge in [0.1, 0.15) is 53.5 Å². The van der Waals surface area contributed by atoms with Crippen molar-refractivity contribution in [1.82, 2.24) is 36.8 Å². The molecule has 364 valence electrons. The van der Waals surface area contributed by atoms with Crippen molar-refractivity contribution < 1.29 is 54.0 Å². The third kappa shape index (κ3) is 16.2. The highest BCUT2D eigenvalue weighted by molar-refractivity contribution is 5.96. The fourth-order valence-electron chi connectivity index (χ4n) is 7.76. The summed E-state index contributed by atoms with van der Waals surface area (Å²) in [6.45, 7) is 7.41. The maximum atomic E-state index is 14.8. The van der Waals surface area contributed by atoms with Crippen LogP contribution in [0.3, 0.4) is 0 Å². The second-order valence-corrected chi connectivity index (χ2v) is 17.4. The largest absolute Gasteiger partial charge is 0.508 e. The Balaban J connectivity index is 1.71. The van der Waals surface area contributed by atoms with Crippen LogP contribution in [0.2, 0.25) is 0 Å². The molecule has 1 heterocycles. The van der Waals surface area contributed by atoms with Gasteiger partial charge >= 0.3 is 12.0 Å². The second-order valence-electron chi connectivity index (χ2n) is 17.4. The average Bonchev–Trinajstić information content (AvgIpc) is 3.30. The summed E-state index contributed by atoms with van der Waals surface area (Å²) in [7, 11) is 1.46.